The Labute approximate surface area is 304 Å². The fourth-order valence-electron chi connectivity index (χ4n) is 7.29. The van der Waals surface area contributed by atoms with Crippen LogP contribution in [0.25, 0.3) is 10.6 Å². The van der Waals surface area contributed by atoms with E-state index in [0.717, 1.165) is 55.3 Å². The number of amides is 3. The predicted octanol–water partition coefficient (Wildman–Crippen LogP) is 7.29. The first kappa shape index (κ1) is 33.7. The van der Waals surface area contributed by atoms with Crippen molar-refractivity contribution in [2.75, 3.05) is 53.3 Å². The van der Waals surface area contributed by atoms with Crippen LogP contribution >= 0.6 is 11.3 Å². The summed E-state index contributed by atoms with van der Waals surface area (Å²) in [6, 6.07) is 20.6. The standard InChI is InChI=1S/C40H37FN6O4S/c1-24-5-3-6-30(41)33(24)45-38(49)32-21-27-14-18-47(31-7-4-17-42-34(31)35(27)52-32)39(50)26-9-11-28(12-10-26)44-37(48)29-13-8-25(2)43-36(29)46-22-40(23-46)15-19-51-20-16-40/h3-13,17,21H,14-16,18-20,22-23H2,1-2H3,(H,44,48)(H,45,49). The molecule has 8 rings (SSSR count). The number of aromatic nitrogens is 2. The van der Waals surface area contributed by atoms with Crippen molar-refractivity contribution in [3.05, 3.63) is 118 Å². The van der Waals surface area contributed by atoms with Crippen LogP contribution in [0.5, 0.6) is 0 Å². The van der Waals surface area contributed by atoms with E-state index in [2.05, 4.69) is 20.5 Å². The minimum absolute atomic E-state index is 0.157. The lowest BCUT2D eigenvalue weighted by atomic mass is 9.73. The summed E-state index contributed by atoms with van der Waals surface area (Å²) in [5, 5.41) is 5.72. The molecule has 3 aromatic heterocycles. The van der Waals surface area contributed by atoms with E-state index in [-0.39, 0.29) is 22.9 Å². The van der Waals surface area contributed by atoms with Gasteiger partial charge in [-0.2, -0.15) is 0 Å². The SMILES string of the molecule is Cc1ccc(C(=O)Nc2ccc(C(=O)N3CCc4cc(C(=O)Nc5c(C)cccc5F)sc4-c4ncccc43)cc2)c(N2CC3(CCOCC3)C2)n1. The van der Waals surface area contributed by atoms with Gasteiger partial charge in [0.1, 0.15) is 17.3 Å². The first-order valence-electron chi connectivity index (χ1n) is 17.4. The van der Waals surface area contributed by atoms with Gasteiger partial charge in [-0.25, -0.2) is 9.37 Å². The van der Waals surface area contributed by atoms with E-state index in [9.17, 15) is 18.8 Å². The Morgan fingerprint density at radius 2 is 1.71 bits per heavy atom. The molecule has 0 saturated carbocycles. The first-order chi connectivity index (χ1) is 25.2. The molecule has 3 amide bonds. The molecule has 10 nitrogen and oxygen atoms in total. The van der Waals surface area contributed by atoms with Gasteiger partial charge in [-0.1, -0.05) is 12.1 Å². The number of carbonyl (C=O) groups excluding carboxylic acids is 3. The summed E-state index contributed by atoms with van der Waals surface area (Å²) >= 11 is 1.27. The third kappa shape index (κ3) is 6.33. The lowest BCUT2D eigenvalue weighted by Gasteiger charge is -2.53. The average molecular weight is 717 g/mol. The van der Waals surface area contributed by atoms with E-state index in [1.165, 1.54) is 17.4 Å². The van der Waals surface area contributed by atoms with Crippen LogP contribution in [0.3, 0.4) is 0 Å². The molecule has 1 spiro atoms. The Morgan fingerprint density at radius 3 is 2.48 bits per heavy atom. The summed E-state index contributed by atoms with van der Waals surface area (Å²) in [6.07, 6.45) is 4.20. The van der Waals surface area contributed by atoms with Crippen LogP contribution in [-0.2, 0) is 11.2 Å². The van der Waals surface area contributed by atoms with E-state index in [0.29, 0.717) is 57.4 Å². The molecule has 0 bridgehead atoms. The fraction of sp³-hybridized carbons (Fsp3) is 0.275. The number of nitrogens with zero attached hydrogens (tertiary/aromatic N) is 4. The van der Waals surface area contributed by atoms with E-state index in [4.69, 9.17) is 9.72 Å². The highest BCUT2D eigenvalue weighted by Crippen LogP contribution is 2.43. The number of hydrogen-bond donors (Lipinski definition) is 2. The van der Waals surface area contributed by atoms with Crippen molar-refractivity contribution in [3.63, 3.8) is 0 Å². The number of aryl methyl sites for hydroxylation is 2. The Balaban J connectivity index is 0.974. The van der Waals surface area contributed by atoms with E-state index in [1.807, 2.05) is 25.1 Å². The molecule has 5 aromatic rings. The van der Waals surface area contributed by atoms with Crippen molar-refractivity contribution in [2.24, 2.45) is 5.41 Å². The maximum absolute atomic E-state index is 14.4. The molecule has 2 fully saturated rings. The minimum atomic E-state index is -0.494. The third-order valence-electron chi connectivity index (χ3n) is 10.2. The van der Waals surface area contributed by atoms with Crippen LogP contribution in [0.1, 0.15) is 60.1 Å². The number of para-hydroxylation sites is 1. The second-order valence-electron chi connectivity index (χ2n) is 13.8. The Morgan fingerprint density at radius 1 is 0.923 bits per heavy atom. The highest BCUT2D eigenvalue weighted by Gasteiger charge is 2.45. The number of fused-ring (bicyclic) bond motifs is 3. The molecular weight excluding hydrogens is 680 g/mol. The zero-order valence-corrected chi connectivity index (χ0v) is 29.7. The molecule has 6 heterocycles. The number of halogens is 1. The minimum Gasteiger partial charge on any atom is -0.381 e. The second-order valence-corrected chi connectivity index (χ2v) is 14.8. The van der Waals surface area contributed by atoms with Gasteiger partial charge in [-0.15, -0.1) is 11.3 Å². The van der Waals surface area contributed by atoms with E-state index < -0.39 is 11.7 Å². The molecule has 2 saturated heterocycles. The van der Waals surface area contributed by atoms with E-state index in [1.54, 1.807) is 66.6 Å². The van der Waals surface area contributed by atoms with Crippen LogP contribution in [-0.4, -0.2) is 60.5 Å². The van der Waals surface area contributed by atoms with Crippen molar-refractivity contribution in [1.82, 2.24) is 9.97 Å². The van der Waals surface area contributed by atoms with Crippen LogP contribution in [0.2, 0.25) is 0 Å². The summed E-state index contributed by atoms with van der Waals surface area (Å²) in [4.78, 5) is 55.3. The Hall–Kier alpha value is -5.46. The normalized spacial score (nSPS) is 16.0. The molecule has 0 radical (unpaired) electrons. The number of nitrogens with one attached hydrogen (secondary N) is 2. The lowest BCUT2D eigenvalue weighted by molar-refractivity contribution is -0.000519. The lowest BCUT2D eigenvalue weighted by Crippen LogP contribution is -2.59. The third-order valence-corrected chi connectivity index (χ3v) is 11.4. The highest BCUT2D eigenvalue weighted by atomic mass is 32.1. The largest absolute Gasteiger partial charge is 0.381 e. The number of pyridine rings is 2. The molecule has 0 aliphatic carbocycles. The number of carbonyl (C=O) groups is 3. The zero-order chi connectivity index (χ0) is 36.0. The molecule has 2 aromatic carbocycles. The number of anilines is 4. The van der Waals surface area contributed by atoms with E-state index >= 15 is 0 Å². The maximum atomic E-state index is 14.4. The first-order valence-corrected chi connectivity index (χ1v) is 18.2. The molecule has 12 heteroatoms. The van der Waals surface area contributed by atoms with Gasteiger partial charge in [0.15, 0.2) is 0 Å². The van der Waals surface area contributed by atoms with Crippen molar-refractivity contribution in [2.45, 2.75) is 33.1 Å². The summed E-state index contributed by atoms with van der Waals surface area (Å²) in [7, 11) is 0. The van der Waals surface area contributed by atoms with Gasteiger partial charge in [0.2, 0.25) is 0 Å². The zero-order valence-electron chi connectivity index (χ0n) is 28.9. The quantitative estimate of drug-likeness (QED) is 0.190. The summed E-state index contributed by atoms with van der Waals surface area (Å²) in [5.74, 6) is -0.670. The van der Waals surface area contributed by atoms with Crippen molar-refractivity contribution in [3.8, 4) is 10.6 Å². The van der Waals surface area contributed by atoms with Crippen LogP contribution in [0.15, 0.2) is 79.0 Å². The smallest absolute Gasteiger partial charge is 0.265 e. The van der Waals surface area contributed by atoms with Crippen LogP contribution in [0, 0.1) is 25.1 Å². The van der Waals surface area contributed by atoms with Crippen LogP contribution < -0.4 is 20.4 Å². The van der Waals surface area contributed by atoms with Crippen molar-refractivity contribution < 1.29 is 23.5 Å². The molecule has 264 valence electrons. The molecule has 0 atom stereocenters. The van der Waals surface area contributed by atoms with Gasteiger partial charge in [-0.3, -0.25) is 19.4 Å². The van der Waals surface area contributed by atoms with Gasteiger partial charge in [-0.05, 0) is 105 Å². The van der Waals surface area contributed by atoms with Crippen molar-refractivity contribution >= 4 is 51.9 Å². The fourth-order valence-corrected chi connectivity index (χ4v) is 8.40. The number of ether oxygens (including phenoxy) is 1. The molecule has 52 heavy (non-hydrogen) atoms. The summed E-state index contributed by atoms with van der Waals surface area (Å²) < 4.78 is 20.0. The predicted molar refractivity (Wildman–Crippen MR) is 200 cm³/mol. The monoisotopic (exact) mass is 716 g/mol. The average Bonchev–Trinajstić information content (AvgIpc) is 3.50. The summed E-state index contributed by atoms with van der Waals surface area (Å²) in [6.45, 7) is 7.30. The van der Waals surface area contributed by atoms with Gasteiger partial charge in [0.25, 0.3) is 17.7 Å². The Kier molecular flexibility index (Phi) is 8.80. The number of hydrogen-bond acceptors (Lipinski definition) is 8. The Bertz CT molecular complexity index is 2190. The van der Waals surface area contributed by atoms with Gasteiger partial charge >= 0.3 is 0 Å². The number of benzene rings is 2. The molecule has 3 aliphatic heterocycles. The topological polar surface area (TPSA) is 117 Å². The van der Waals surface area contributed by atoms with Gasteiger partial charge in [0.05, 0.1) is 26.7 Å². The molecule has 2 N–H and O–H groups in total. The summed E-state index contributed by atoms with van der Waals surface area (Å²) in [5.41, 5.74) is 5.53. The molecule has 0 unspecified atom stereocenters. The molecular formula is C40H37FN6O4S. The van der Waals surface area contributed by atoms with Crippen molar-refractivity contribution in [1.29, 1.82) is 0 Å². The van der Waals surface area contributed by atoms with Crippen LogP contribution in [0.4, 0.5) is 27.3 Å². The number of thiophene rings is 1. The molecule has 3 aliphatic rings. The second kappa shape index (κ2) is 13.6. The maximum Gasteiger partial charge on any atom is 0.265 e. The highest BCUT2D eigenvalue weighted by molar-refractivity contribution is 7.17. The van der Waals surface area contributed by atoms with Gasteiger partial charge < -0.3 is 25.2 Å². The number of rotatable bonds is 6. The van der Waals surface area contributed by atoms with Gasteiger partial charge in [0, 0.05) is 61.4 Å².